The summed E-state index contributed by atoms with van der Waals surface area (Å²) >= 11 is 0. The van der Waals surface area contributed by atoms with E-state index in [2.05, 4.69) is 4.18 Å². The third-order valence-electron chi connectivity index (χ3n) is 0.868. The van der Waals surface area contributed by atoms with Gasteiger partial charge in [0.05, 0.1) is 12.9 Å². The molecule has 0 aliphatic heterocycles. The topological polar surface area (TPSA) is 97.7 Å². The molecule has 15 heavy (non-hydrogen) atoms. The van der Waals surface area contributed by atoms with E-state index >= 15 is 0 Å². The van der Waals surface area contributed by atoms with Crippen molar-refractivity contribution in [2.24, 2.45) is 0 Å². The van der Waals surface area contributed by atoms with Gasteiger partial charge in [-0.3, -0.25) is 8.74 Å². The molecule has 0 heterocycles. The number of hydrogen-bond donors (Lipinski definition) is 1. The lowest BCUT2D eigenvalue weighted by Crippen LogP contribution is -2.23. The smallest absolute Gasteiger partial charge is 0.286 e. The monoisotopic (exact) mass is 274 g/mol. The Labute approximate surface area is 84.9 Å². The van der Waals surface area contributed by atoms with Gasteiger partial charge in [0, 0.05) is 0 Å². The third-order valence-corrected chi connectivity index (χ3v) is 2.60. The first kappa shape index (κ1) is 17.0. The Morgan fingerprint density at radius 2 is 1.47 bits per heavy atom. The summed E-state index contributed by atoms with van der Waals surface area (Å²) in [5, 5.41) is 0. The molecule has 0 amide bonds. The van der Waals surface area contributed by atoms with E-state index in [0.29, 0.717) is 7.11 Å². The van der Waals surface area contributed by atoms with Crippen LogP contribution in [0.15, 0.2) is 0 Å². The second kappa shape index (κ2) is 5.63. The standard InChI is InChI=1S/C2H3F3O3S.C2H6O3S/c1-8-9(6,7)2(3,4)5;1-2-6(3,4)5/h1H3;2H2,1H3,(H,3,4,5). The molecule has 0 saturated heterocycles. The fourth-order valence-electron chi connectivity index (χ4n) is 0.0945. The van der Waals surface area contributed by atoms with Gasteiger partial charge in [-0.15, -0.1) is 0 Å². The molecule has 1 N–H and O–H groups in total. The molecule has 6 nitrogen and oxygen atoms in total. The van der Waals surface area contributed by atoms with Gasteiger partial charge in [-0.2, -0.15) is 30.0 Å². The zero-order valence-electron chi connectivity index (χ0n) is 7.65. The Bertz CT molecular complexity index is 366. The van der Waals surface area contributed by atoms with Crippen molar-refractivity contribution >= 4 is 20.2 Å². The van der Waals surface area contributed by atoms with E-state index in [0.717, 1.165) is 0 Å². The van der Waals surface area contributed by atoms with E-state index in [1.165, 1.54) is 6.92 Å². The number of hydrogen-bond acceptors (Lipinski definition) is 5. The molecule has 0 rings (SSSR count). The van der Waals surface area contributed by atoms with E-state index in [1.807, 2.05) is 0 Å². The molecule has 0 aliphatic carbocycles. The van der Waals surface area contributed by atoms with Crippen LogP contribution in [0.1, 0.15) is 6.92 Å². The van der Waals surface area contributed by atoms with Gasteiger partial charge in [-0.25, -0.2) is 0 Å². The normalized spacial score (nSPS) is 12.9. The first-order valence-electron chi connectivity index (χ1n) is 3.19. The largest absolute Gasteiger partial charge is 0.523 e. The Morgan fingerprint density at radius 1 is 1.20 bits per heavy atom. The predicted octanol–water partition coefficient (Wildman–Crippen LogP) is 0.377. The molecule has 0 aromatic carbocycles. The predicted molar refractivity (Wildman–Crippen MR) is 44.1 cm³/mol. The zero-order valence-corrected chi connectivity index (χ0v) is 9.28. The van der Waals surface area contributed by atoms with Gasteiger partial charge < -0.3 is 0 Å². The van der Waals surface area contributed by atoms with Crippen molar-refractivity contribution in [2.75, 3.05) is 12.9 Å². The van der Waals surface area contributed by atoms with Crippen LogP contribution in [-0.4, -0.2) is 39.8 Å². The summed E-state index contributed by atoms with van der Waals surface area (Å²) in [4.78, 5) is 0. The molecular weight excluding hydrogens is 265 g/mol. The van der Waals surface area contributed by atoms with Crippen LogP contribution in [0.25, 0.3) is 0 Å². The van der Waals surface area contributed by atoms with Crippen LogP contribution in [0.2, 0.25) is 0 Å². The van der Waals surface area contributed by atoms with Crippen LogP contribution in [0.3, 0.4) is 0 Å². The summed E-state index contributed by atoms with van der Waals surface area (Å²) in [7, 11) is -8.55. The molecule has 0 saturated carbocycles. The highest BCUT2D eigenvalue weighted by atomic mass is 32.2. The summed E-state index contributed by atoms with van der Waals surface area (Å²) in [5.74, 6) is -0.201. The van der Waals surface area contributed by atoms with Gasteiger partial charge in [0.2, 0.25) is 0 Å². The lowest BCUT2D eigenvalue weighted by Gasteiger charge is -2.02. The van der Waals surface area contributed by atoms with Crippen LogP contribution in [-0.2, 0) is 24.4 Å². The molecular formula is C4H9F3O6S2. The van der Waals surface area contributed by atoms with Crippen LogP contribution >= 0.6 is 0 Å². The van der Waals surface area contributed by atoms with E-state index in [9.17, 15) is 30.0 Å². The minimum absolute atomic E-state index is 0.201. The summed E-state index contributed by atoms with van der Waals surface area (Å²) in [6.07, 6.45) is 0. The molecule has 0 aliphatic rings. The van der Waals surface area contributed by atoms with Gasteiger partial charge in [-0.1, -0.05) is 0 Å². The van der Waals surface area contributed by atoms with Crippen LogP contribution in [0, 0.1) is 0 Å². The lowest BCUT2D eigenvalue weighted by molar-refractivity contribution is -0.0526. The fourth-order valence-corrected chi connectivity index (χ4v) is 0.283. The first-order valence-corrected chi connectivity index (χ1v) is 6.21. The number of alkyl halides is 3. The molecule has 0 aromatic heterocycles. The van der Waals surface area contributed by atoms with Crippen LogP contribution in [0.4, 0.5) is 13.2 Å². The third kappa shape index (κ3) is 8.59. The Balaban J connectivity index is 0. The highest BCUT2D eigenvalue weighted by molar-refractivity contribution is 7.87. The molecule has 0 atom stereocenters. The van der Waals surface area contributed by atoms with Gasteiger partial charge in [0.1, 0.15) is 0 Å². The van der Waals surface area contributed by atoms with E-state index in [-0.39, 0.29) is 5.75 Å². The molecule has 0 radical (unpaired) electrons. The molecule has 11 heteroatoms. The maximum absolute atomic E-state index is 11.1. The van der Waals surface area contributed by atoms with Crippen molar-refractivity contribution in [2.45, 2.75) is 12.4 Å². The summed E-state index contributed by atoms with van der Waals surface area (Å²) in [5.41, 5.74) is -5.30. The average Bonchev–Trinajstić information content (AvgIpc) is 2.02. The van der Waals surface area contributed by atoms with Gasteiger partial charge >= 0.3 is 15.6 Å². The maximum Gasteiger partial charge on any atom is 0.523 e. The fraction of sp³-hybridized carbons (Fsp3) is 1.00. The SMILES string of the molecule is CCS(=O)(=O)O.COS(=O)(=O)C(F)(F)F. The Kier molecular flexibility index (Phi) is 6.39. The molecule has 0 spiro atoms. The zero-order chi connectivity index (χ0) is 12.9. The van der Waals surface area contributed by atoms with Crippen molar-refractivity contribution in [3.63, 3.8) is 0 Å². The van der Waals surface area contributed by atoms with Crippen molar-refractivity contribution in [1.29, 1.82) is 0 Å². The Morgan fingerprint density at radius 3 is 1.47 bits per heavy atom. The van der Waals surface area contributed by atoms with Gasteiger partial charge in [0.25, 0.3) is 10.1 Å². The second-order valence-electron chi connectivity index (χ2n) is 1.94. The minimum atomic E-state index is -5.34. The summed E-state index contributed by atoms with van der Waals surface area (Å²) in [6.45, 7) is 1.37. The molecule has 0 aromatic rings. The molecule has 0 unspecified atom stereocenters. The van der Waals surface area contributed by atoms with E-state index < -0.39 is 25.7 Å². The highest BCUT2D eigenvalue weighted by Gasteiger charge is 2.46. The molecule has 0 fully saturated rings. The molecule has 0 bridgehead atoms. The van der Waals surface area contributed by atoms with Gasteiger partial charge in [-0.05, 0) is 6.92 Å². The lowest BCUT2D eigenvalue weighted by atomic mass is 11.0. The van der Waals surface area contributed by atoms with Crippen LogP contribution < -0.4 is 0 Å². The van der Waals surface area contributed by atoms with E-state index in [1.54, 1.807) is 0 Å². The minimum Gasteiger partial charge on any atom is -0.286 e. The van der Waals surface area contributed by atoms with Crippen molar-refractivity contribution in [3.8, 4) is 0 Å². The molecule has 94 valence electrons. The Hall–Kier alpha value is -0.390. The quantitative estimate of drug-likeness (QED) is 0.444. The first-order chi connectivity index (χ1) is 6.37. The number of rotatable bonds is 2. The van der Waals surface area contributed by atoms with E-state index in [4.69, 9.17) is 4.55 Å². The number of halogens is 3. The van der Waals surface area contributed by atoms with Crippen molar-refractivity contribution in [3.05, 3.63) is 0 Å². The average molecular weight is 274 g/mol. The maximum atomic E-state index is 11.1. The van der Waals surface area contributed by atoms with Gasteiger partial charge in [0.15, 0.2) is 0 Å². The second-order valence-corrected chi connectivity index (χ2v) is 5.38. The summed E-state index contributed by atoms with van der Waals surface area (Å²) in [6, 6.07) is 0. The van der Waals surface area contributed by atoms with Crippen molar-refractivity contribution < 1.29 is 38.7 Å². The van der Waals surface area contributed by atoms with Crippen molar-refractivity contribution in [1.82, 2.24) is 0 Å². The highest BCUT2D eigenvalue weighted by Crippen LogP contribution is 2.23. The van der Waals surface area contributed by atoms with Crippen LogP contribution in [0.5, 0.6) is 0 Å². The summed E-state index contributed by atoms with van der Waals surface area (Å²) < 4.78 is 82.8.